The van der Waals surface area contributed by atoms with Crippen molar-refractivity contribution in [2.45, 2.75) is 19.8 Å². The maximum atomic E-state index is 10.6. The zero-order valence-electron chi connectivity index (χ0n) is 11.7. The molecule has 7 nitrogen and oxygen atoms in total. The van der Waals surface area contributed by atoms with Gasteiger partial charge in [-0.3, -0.25) is 4.55 Å². The Hall–Kier alpha value is -0.960. The Kier molecular flexibility index (Phi) is 13.0. The van der Waals surface area contributed by atoms with E-state index in [4.69, 9.17) is 9.29 Å². The molecule has 0 radical (unpaired) electrons. The maximum absolute atomic E-state index is 10.6. The Morgan fingerprint density at radius 1 is 1.37 bits per heavy atom. The third kappa shape index (κ3) is 22.7. The van der Waals surface area contributed by atoms with Crippen LogP contribution in [0.15, 0.2) is 12.7 Å². The molecule has 0 bridgehead atoms. The lowest BCUT2D eigenvalue weighted by Gasteiger charge is -2.08. The summed E-state index contributed by atoms with van der Waals surface area (Å²) in [5, 5.41) is 0. The summed E-state index contributed by atoms with van der Waals surface area (Å²) in [4.78, 5) is 12.7. The summed E-state index contributed by atoms with van der Waals surface area (Å²) in [6, 6.07) is 0. The van der Waals surface area contributed by atoms with Crippen LogP contribution >= 0.6 is 0 Å². The number of hydrogen-bond acceptors (Lipinski definition) is 6. The van der Waals surface area contributed by atoms with Gasteiger partial charge in [-0.2, -0.15) is 8.42 Å². The fraction of sp³-hybridized carbons (Fsp3) is 0.727. The van der Waals surface area contributed by atoms with Crippen molar-refractivity contribution in [3.8, 4) is 0 Å². The molecule has 1 N–H and O–H groups in total. The number of unbranched alkanes of at least 4 members (excludes halogenated alkanes) is 1. The topological polar surface area (TPSA) is 93.1 Å². The molecule has 8 heteroatoms. The van der Waals surface area contributed by atoms with E-state index >= 15 is 0 Å². The van der Waals surface area contributed by atoms with Gasteiger partial charge in [-0.05, 0) is 40.4 Å². The Morgan fingerprint density at radius 3 is 2.26 bits per heavy atom. The predicted octanol–water partition coefficient (Wildman–Crippen LogP) is 0.883. The second-order valence-electron chi connectivity index (χ2n) is 3.72. The van der Waals surface area contributed by atoms with Crippen LogP contribution in [0, 0.1) is 0 Å². The predicted molar refractivity (Wildman–Crippen MR) is 72.1 cm³/mol. The summed E-state index contributed by atoms with van der Waals surface area (Å²) in [7, 11) is -0.127. The van der Waals surface area contributed by atoms with E-state index in [0.29, 0.717) is 6.61 Å². The standard InChI is InChI=1S/C9H17NO2.C2H6O4S/c1-4-9(11)12-8-6-5-7-10(2)3;1-2-6-7(3,4)5/h4H,1,5-8H2,2-3H3;2H2,1H3,(H,3,4,5). The van der Waals surface area contributed by atoms with Gasteiger partial charge in [0.1, 0.15) is 0 Å². The average molecular weight is 297 g/mol. The molecule has 0 fully saturated rings. The van der Waals surface area contributed by atoms with Crippen molar-refractivity contribution in [3.05, 3.63) is 12.7 Å². The highest BCUT2D eigenvalue weighted by Gasteiger charge is 1.98. The molecule has 0 heterocycles. The van der Waals surface area contributed by atoms with Gasteiger partial charge in [0.15, 0.2) is 0 Å². The van der Waals surface area contributed by atoms with Crippen molar-refractivity contribution >= 4 is 16.4 Å². The summed E-state index contributed by atoms with van der Waals surface area (Å²) in [5.41, 5.74) is 0. The summed E-state index contributed by atoms with van der Waals surface area (Å²) >= 11 is 0. The van der Waals surface area contributed by atoms with Gasteiger partial charge in [-0.25, -0.2) is 8.98 Å². The molecular formula is C11H23NO6S. The Bertz CT molecular complexity index is 339. The monoisotopic (exact) mass is 297 g/mol. The maximum Gasteiger partial charge on any atom is 0.397 e. The molecule has 0 aromatic heterocycles. The first-order valence-corrected chi connectivity index (χ1v) is 7.15. The minimum Gasteiger partial charge on any atom is -0.463 e. The molecule has 114 valence electrons. The number of esters is 1. The van der Waals surface area contributed by atoms with E-state index in [-0.39, 0.29) is 12.6 Å². The SMILES string of the molecule is C=CC(=O)OCCCCN(C)C.CCOS(=O)(=O)O. The number of carbonyl (C=O) groups excluding carboxylic acids is 1. The zero-order chi connectivity index (χ0) is 15.3. The molecule has 0 rings (SSSR count). The van der Waals surface area contributed by atoms with Crippen LogP contribution in [0.1, 0.15) is 19.8 Å². The molecule has 0 aliphatic heterocycles. The van der Waals surface area contributed by atoms with E-state index in [1.165, 1.54) is 13.0 Å². The molecule has 0 saturated heterocycles. The lowest BCUT2D eigenvalue weighted by atomic mass is 10.3. The summed E-state index contributed by atoms with van der Waals surface area (Å²) in [6.45, 7) is 6.27. The second-order valence-corrected chi connectivity index (χ2v) is 4.81. The smallest absolute Gasteiger partial charge is 0.397 e. The Balaban J connectivity index is 0. The number of carbonyl (C=O) groups is 1. The summed E-state index contributed by atoms with van der Waals surface area (Å²) in [5.74, 6) is -0.333. The van der Waals surface area contributed by atoms with E-state index in [1.54, 1.807) is 0 Å². The van der Waals surface area contributed by atoms with Crippen molar-refractivity contribution in [2.24, 2.45) is 0 Å². The first-order chi connectivity index (χ1) is 8.72. The van der Waals surface area contributed by atoms with Gasteiger partial charge >= 0.3 is 16.4 Å². The fourth-order valence-electron chi connectivity index (χ4n) is 0.911. The first-order valence-electron chi connectivity index (χ1n) is 5.78. The number of rotatable bonds is 8. The minimum atomic E-state index is -4.17. The normalized spacial score (nSPS) is 10.6. The van der Waals surface area contributed by atoms with Gasteiger partial charge in [0, 0.05) is 6.08 Å². The molecule has 0 aliphatic rings. The van der Waals surface area contributed by atoms with Crippen LogP contribution in [0.4, 0.5) is 0 Å². The van der Waals surface area contributed by atoms with Gasteiger partial charge in [-0.15, -0.1) is 0 Å². The highest BCUT2D eigenvalue weighted by molar-refractivity contribution is 7.80. The number of hydrogen-bond donors (Lipinski definition) is 1. The second kappa shape index (κ2) is 12.1. The van der Waals surface area contributed by atoms with Gasteiger partial charge in [0.2, 0.25) is 0 Å². The molecule has 0 unspecified atom stereocenters. The highest BCUT2D eigenvalue weighted by Crippen LogP contribution is 1.92. The van der Waals surface area contributed by atoms with Crippen LogP contribution in [0.5, 0.6) is 0 Å². The van der Waals surface area contributed by atoms with Gasteiger partial charge in [0.25, 0.3) is 0 Å². The van der Waals surface area contributed by atoms with Crippen LogP contribution in [0.3, 0.4) is 0 Å². The molecule has 19 heavy (non-hydrogen) atoms. The number of ether oxygens (including phenoxy) is 1. The average Bonchev–Trinajstić information content (AvgIpc) is 2.27. The molecule has 0 aromatic rings. The van der Waals surface area contributed by atoms with Gasteiger partial charge in [0.05, 0.1) is 13.2 Å². The lowest BCUT2D eigenvalue weighted by Crippen LogP contribution is -2.13. The van der Waals surface area contributed by atoms with E-state index in [9.17, 15) is 13.2 Å². The van der Waals surface area contributed by atoms with Crippen molar-refractivity contribution in [3.63, 3.8) is 0 Å². The fourth-order valence-corrected chi connectivity index (χ4v) is 1.21. The zero-order valence-corrected chi connectivity index (χ0v) is 12.5. The van der Waals surface area contributed by atoms with E-state index in [1.807, 2.05) is 14.1 Å². The van der Waals surface area contributed by atoms with Crippen LogP contribution in [-0.2, 0) is 24.1 Å². The van der Waals surface area contributed by atoms with Crippen molar-refractivity contribution in [1.82, 2.24) is 4.90 Å². The summed E-state index contributed by atoms with van der Waals surface area (Å²) in [6.07, 6.45) is 3.15. The van der Waals surface area contributed by atoms with Crippen LogP contribution < -0.4 is 0 Å². The molecule has 0 aliphatic carbocycles. The largest absolute Gasteiger partial charge is 0.463 e. The summed E-state index contributed by atoms with van der Waals surface area (Å²) < 4.78 is 35.5. The quantitative estimate of drug-likeness (QED) is 0.308. The van der Waals surface area contributed by atoms with E-state index in [0.717, 1.165) is 19.4 Å². The highest BCUT2D eigenvalue weighted by atomic mass is 32.3. The van der Waals surface area contributed by atoms with E-state index < -0.39 is 10.4 Å². The van der Waals surface area contributed by atoms with Crippen LogP contribution in [0.2, 0.25) is 0 Å². The van der Waals surface area contributed by atoms with Crippen molar-refractivity contribution in [2.75, 3.05) is 33.9 Å². The van der Waals surface area contributed by atoms with E-state index in [2.05, 4.69) is 15.7 Å². The molecule has 0 spiro atoms. The van der Waals surface area contributed by atoms with Crippen molar-refractivity contribution in [1.29, 1.82) is 0 Å². The molecule has 0 aromatic carbocycles. The Labute approximate surface area is 115 Å². The Morgan fingerprint density at radius 2 is 1.95 bits per heavy atom. The third-order valence-corrected chi connectivity index (χ3v) is 2.21. The van der Waals surface area contributed by atoms with Crippen LogP contribution in [0.25, 0.3) is 0 Å². The molecule has 0 atom stereocenters. The number of nitrogens with zero attached hydrogens (tertiary/aromatic N) is 1. The first kappa shape index (κ1) is 20.4. The van der Waals surface area contributed by atoms with Gasteiger partial charge in [-0.1, -0.05) is 6.58 Å². The minimum absolute atomic E-state index is 0.0289. The molecule has 0 saturated carbocycles. The lowest BCUT2D eigenvalue weighted by molar-refractivity contribution is -0.137. The van der Waals surface area contributed by atoms with Crippen LogP contribution in [-0.4, -0.2) is 57.7 Å². The molecular weight excluding hydrogens is 274 g/mol. The van der Waals surface area contributed by atoms with Crippen molar-refractivity contribution < 1.29 is 26.7 Å². The van der Waals surface area contributed by atoms with Gasteiger partial charge < -0.3 is 9.64 Å². The molecule has 0 amide bonds. The third-order valence-electron chi connectivity index (χ3n) is 1.68.